The summed E-state index contributed by atoms with van der Waals surface area (Å²) in [6, 6.07) is 9.96. The molecule has 150 valence electrons. The molecule has 2 atom stereocenters. The topological polar surface area (TPSA) is 114 Å². The molecule has 0 unspecified atom stereocenters. The highest BCUT2D eigenvalue weighted by Crippen LogP contribution is 2.33. The second-order valence-corrected chi connectivity index (χ2v) is 7.07. The van der Waals surface area contributed by atoms with E-state index in [1.807, 2.05) is 0 Å². The average Bonchev–Trinajstić information content (AvgIpc) is 3.21. The van der Waals surface area contributed by atoms with E-state index in [9.17, 15) is 24.2 Å². The van der Waals surface area contributed by atoms with Crippen molar-refractivity contribution >= 4 is 22.7 Å². The van der Waals surface area contributed by atoms with Gasteiger partial charge < -0.3 is 25.8 Å². The Morgan fingerprint density at radius 2 is 1.97 bits per heavy atom. The van der Waals surface area contributed by atoms with Crippen molar-refractivity contribution in [3.05, 3.63) is 53.8 Å². The van der Waals surface area contributed by atoms with Crippen LogP contribution in [-0.2, 0) is 16.0 Å². The molecular weight excluding hydrogens is 377 g/mol. The van der Waals surface area contributed by atoms with Gasteiger partial charge in [-0.25, -0.2) is 4.39 Å². The molecule has 0 spiro atoms. The van der Waals surface area contributed by atoms with Crippen LogP contribution in [0.4, 0.5) is 4.39 Å². The van der Waals surface area contributed by atoms with Crippen molar-refractivity contribution < 1.29 is 24.2 Å². The normalized spacial score (nSPS) is 18.8. The van der Waals surface area contributed by atoms with Gasteiger partial charge in [-0.2, -0.15) is 0 Å². The number of phenolic OH excluding ortho intramolecular Hbond substituents is 1. The monoisotopic (exact) mass is 397 g/mol. The summed E-state index contributed by atoms with van der Waals surface area (Å²) in [5.41, 5.74) is 3.03. The lowest BCUT2D eigenvalue weighted by atomic mass is 10.0. The van der Waals surface area contributed by atoms with Gasteiger partial charge in [0.1, 0.15) is 23.7 Å². The van der Waals surface area contributed by atoms with Gasteiger partial charge in [-0.05, 0) is 53.9 Å². The van der Waals surface area contributed by atoms with Crippen LogP contribution < -0.4 is 10.6 Å². The molecule has 2 heterocycles. The van der Waals surface area contributed by atoms with Gasteiger partial charge in [-0.1, -0.05) is 0 Å². The molecule has 29 heavy (non-hydrogen) atoms. The predicted molar refractivity (Wildman–Crippen MR) is 105 cm³/mol. The van der Waals surface area contributed by atoms with Gasteiger partial charge in [0.15, 0.2) is 0 Å². The maximum Gasteiger partial charge on any atom is 0.245 e. The lowest BCUT2D eigenvalue weighted by Gasteiger charge is -2.13. The van der Waals surface area contributed by atoms with Crippen molar-refractivity contribution in [2.24, 2.45) is 0 Å². The van der Waals surface area contributed by atoms with E-state index >= 15 is 0 Å². The molecule has 2 amide bonds. The Morgan fingerprint density at radius 1 is 1.21 bits per heavy atom. The molecule has 1 saturated heterocycles. The third-order valence-electron chi connectivity index (χ3n) is 5.09. The molecule has 1 fully saturated rings. The smallest absolute Gasteiger partial charge is 0.245 e. The highest BCUT2D eigenvalue weighted by atomic mass is 19.1. The SMILES string of the molecule is O=C(CCc1c(-c2ccc(F)cc2)[nH]c2cc(O)ccc12)N[C@@H]1C(=O)NC[C@H]1O. The van der Waals surface area contributed by atoms with Gasteiger partial charge in [0, 0.05) is 35.6 Å². The molecule has 0 radical (unpaired) electrons. The summed E-state index contributed by atoms with van der Waals surface area (Å²) >= 11 is 0. The van der Waals surface area contributed by atoms with Crippen molar-refractivity contribution in [2.75, 3.05) is 6.54 Å². The standard InChI is InChI=1S/C21H20FN3O4/c22-12-3-1-11(2-4-12)19-15(14-6-5-13(26)9-16(14)24-19)7-8-18(28)25-20-17(27)10-23-21(20)29/h1-6,9,17,20,24,26-27H,7-8,10H2,(H,23,29)(H,25,28)/t17-,20+/m1/s1. The Labute approximate surface area is 165 Å². The van der Waals surface area contributed by atoms with E-state index in [1.165, 1.54) is 12.1 Å². The van der Waals surface area contributed by atoms with E-state index < -0.39 is 18.1 Å². The largest absolute Gasteiger partial charge is 0.508 e. The number of carbonyl (C=O) groups excluding carboxylic acids is 2. The number of hydrogen-bond acceptors (Lipinski definition) is 4. The minimum Gasteiger partial charge on any atom is -0.508 e. The Bertz CT molecular complexity index is 1080. The number of aromatic nitrogens is 1. The fourth-order valence-corrected chi connectivity index (χ4v) is 3.62. The third-order valence-corrected chi connectivity index (χ3v) is 5.09. The summed E-state index contributed by atoms with van der Waals surface area (Å²) in [5, 5.41) is 25.5. The quantitative estimate of drug-likeness (QED) is 0.450. The number of carbonyl (C=O) groups is 2. The van der Waals surface area contributed by atoms with Crippen molar-refractivity contribution in [1.29, 1.82) is 0 Å². The first-order valence-corrected chi connectivity index (χ1v) is 9.27. The molecule has 1 aliphatic rings. The number of benzene rings is 2. The second kappa shape index (κ2) is 7.56. The highest BCUT2D eigenvalue weighted by Gasteiger charge is 2.34. The minimum absolute atomic E-state index is 0.0958. The first-order chi connectivity index (χ1) is 13.9. The van der Waals surface area contributed by atoms with Crippen molar-refractivity contribution in [3.8, 4) is 17.0 Å². The third kappa shape index (κ3) is 3.79. The van der Waals surface area contributed by atoms with Gasteiger partial charge in [0.25, 0.3) is 0 Å². The number of aliphatic hydroxyl groups is 1. The van der Waals surface area contributed by atoms with Crippen molar-refractivity contribution in [2.45, 2.75) is 25.0 Å². The first-order valence-electron chi connectivity index (χ1n) is 9.27. The van der Waals surface area contributed by atoms with E-state index in [2.05, 4.69) is 15.6 Å². The lowest BCUT2D eigenvalue weighted by Crippen LogP contribution is -2.45. The number of β-amino-alcohol motifs (C(OH)–C–C–N with tert-alkyl or cyclic N) is 1. The molecule has 1 aromatic heterocycles. The predicted octanol–water partition coefficient (Wildman–Crippen LogP) is 1.59. The minimum atomic E-state index is -0.947. The fraction of sp³-hybridized carbons (Fsp3) is 0.238. The molecule has 0 aliphatic carbocycles. The van der Waals surface area contributed by atoms with Crippen LogP contribution in [-0.4, -0.2) is 45.7 Å². The number of hydrogen-bond donors (Lipinski definition) is 5. The van der Waals surface area contributed by atoms with E-state index in [-0.39, 0.29) is 30.4 Å². The summed E-state index contributed by atoms with van der Waals surface area (Å²) in [6.45, 7) is 0.116. The van der Waals surface area contributed by atoms with Crippen LogP contribution in [0.2, 0.25) is 0 Å². The fourth-order valence-electron chi connectivity index (χ4n) is 3.62. The molecule has 1 aliphatic heterocycles. The number of aliphatic hydroxyl groups excluding tert-OH is 1. The summed E-state index contributed by atoms with van der Waals surface area (Å²) < 4.78 is 13.3. The van der Waals surface area contributed by atoms with E-state index in [4.69, 9.17) is 0 Å². The van der Waals surface area contributed by atoms with Gasteiger partial charge in [-0.15, -0.1) is 0 Å². The summed E-state index contributed by atoms with van der Waals surface area (Å²) in [4.78, 5) is 27.3. The zero-order chi connectivity index (χ0) is 20.5. The van der Waals surface area contributed by atoms with Gasteiger partial charge in [-0.3, -0.25) is 9.59 Å². The average molecular weight is 397 g/mol. The van der Waals surface area contributed by atoms with E-state index in [0.29, 0.717) is 11.9 Å². The number of H-pyrrole nitrogens is 1. The molecule has 2 aromatic carbocycles. The molecule has 4 rings (SSSR count). The van der Waals surface area contributed by atoms with Gasteiger partial charge >= 0.3 is 0 Å². The number of amides is 2. The summed E-state index contributed by atoms with van der Waals surface area (Å²) in [6.07, 6.45) is -0.496. The van der Waals surface area contributed by atoms with Gasteiger partial charge in [0.05, 0.1) is 0 Å². The highest BCUT2D eigenvalue weighted by molar-refractivity contribution is 5.93. The van der Waals surface area contributed by atoms with Crippen LogP contribution in [0.5, 0.6) is 5.75 Å². The Balaban J connectivity index is 1.60. The number of rotatable bonds is 5. The zero-order valence-corrected chi connectivity index (χ0v) is 15.4. The first kappa shape index (κ1) is 18.9. The maximum absolute atomic E-state index is 13.3. The molecule has 3 aromatic rings. The van der Waals surface area contributed by atoms with Crippen LogP contribution in [0.3, 0.4) is 0 Å². The van der Waals surface area contributed by atoms with Crippen LogP contribution >= 0.6 is 0 Å². The Morgan fingerprint density at radius 3 is 2.66 bits per heavy atom. The van der Waals surface area contributed by atoms with E-state index in [1.54, 1.807) is 30.3 Å². The van der Waals surface area contributed by atoms with E-state index in [0.717, 1.165) is 22.2 Å². The number of nitrogens with one attached hydrogen (secondary N) is 3. The number of aryl methyl sites for hydroxylation is 1. The van der Waals surface area contributed by atoms with Crippen LogP contribution in [0.15, 0.2) is 42.5 Å². The number of phenols is 1. The summed E-state index contributed by atoms with van der Waals surface area (Å²) in [7, 11) is 0. The second-order valence-electron chi connectivity index (χ2n) is 7.07. The number of fused-ring (bicyclic) bond motifs is 1. The Kier molecular flexibility index (Phi) is 4.94. The number of aromatic hydroxyl groups is 1. The van der Waals surface area contributed by atoms with Crippen molar-refractivity contribution in [1.82, 2.24) is 15.6 Å². The molecule has 0 saturated carbocycles. The number of aromatic amines is 1. The molecule has 5 N–H and O–H groups in total. The summed E-state index contributed by atoms with van der Waals surface area (Å²) in [5.74, 6) is -1.00. The molecule has 8 heteroatoms. The van der Waals surface area contributed by atoms with Crippen LogP contribution in [0, 0.1) is 5.82 Å². The molecule has 0 bridgehead atoms. The van der Waals surface area contributed by atoms with Crippen molar-refractivity contribution in [3.63, 3.8) is 0 Å². The number of halogens is 1. The Hall–Kier alpha value is -3.39. The lowest BCUT2D eigenvalue weighted by molar-refractivity contribution is -0.128. The van der Waals surface area contributed by atoms with Gasteiger partial charge in [0.2, 0.25) is 11.8 Å². The maximum atomic E-state index is 13.3. The van der Waals surface area contributed by atoms with Crippen LogP contribution in [0.1, 0.15) is 12.0 Å². The molecule has 7 nitrogen and oxygen atoms in total. The molecular formula is C21H20FN3O4. The zero-order valence-electron chi connectivity index (χ0n) is 15.4. The van der Waals surface area contributed by atoms with Crippen LogP contribution in [0.25, 0.3) is 22.2 Å².